The molecule has 0 spiro atoms. The van der Waals surface area contributed by atoms with Crippen molar-refractivity contribution in [2.75, 3.05) is 14.2 Å². The largest absolute Gasteiger partial charge is 0.493 e. The summed E-state index contributed by atoms with van der Waals surface area (Å²) >= 11 is 0. The van der Waals surface area contributed by atoms with E-state index < -0.39 is 0 Å². The Labute approximate surface area is 160 Å². The third-order valence-electron chi connectivity index (χ3n) is 4.42. The second-order valence-corrected chi connectivity index (χ2v) is 6.13. The van der Waals surface area contributed by atoms with Gasteiger partial charge in [-0.1, -0.05) is 23.4 Å². The molecule has 0 saturated carbocycles. The molecule has 0 fully saturated rings. The van der Waals surface area contributed by atoms with Crippen LogP contribution in [0, 0.1) is 6.92 Å². The van der Waals surface area contributed by atoms with E-state index in [9.17, 15) is 4.79 Å². The lowest BCUT2D eigenvalue weighted by Crippen LogP contribution is -2.24. The number of benzene rings is 2. The molecule has 28 heavy (non-hydrogen) atoms. The first kappa shape index (κ1) is 17.7. The Morgan fingerprint density at radius 3 is 2.64 bits per heavy atom. The maximum Gasteiger partial charge on any atom is 0.272 e. The standard InChI is InChI=1S/C20H18N4O4/c1-12-20(25)24(15-9-5-4-8-14(15)21-12)11-17-22-19(23-28-17)13-7-6-10-16(26-2)18(13)27-3/h4-10H,11H2,1-3H3. The number of para-hydroxylation sites is 3. The summed E-state index contributed by atoms with van der Waals surface area (Å²) in [6, 6.07) is 12.9. The maximum absolute atomic E-state index is 12.6. The van der Waals surface area contributed by atoms with E-state index in [1.54, 1.807) is 31.8 Å². The fraction of sp³-hybridized carbons (Fsp3) is 0.200. The molecule has 0 N–H and O–H groups in total. The molecule has 0 unspecified atom stereocenters. The van der Waals surface area contributed by atoms with Gasteiger partial charge in [-0.05, 0) is 31.2 Å². The van der Waals surface area contributed by atoms with Crippen molar-refractivity contribution in [2.45, 2.75) is 13.5 Å². The van der Waals surface area contributed by atoms with Crippen LogP contribution < -0.4 is 15.0 Å². The second kappa shape index (κ2) is 7.15. The maximum atomic E-state index is 12.6. The first-order valence-corrected chi connectivity index (χ1v) is 8.62. The summed E-state index contributed by atoms with van der Waals surface area (Å²) in [6.07, 6.45) is 0. The Morgan fingerprint density at radius 2 is 1.86 bits per heavy atom. The van der Waals surface area contributed by atoms with Crippen LogP contribution in [0.2, 0.25) is 0 Å². The number of aryl methyl sites for hydroxylation is 1. The molecule has 0 amide bonds. The van der Waals surface area contributed by atoms with Crippen molar-refractivity contribution in [2.24, 2.45) is 0 Å². The number of ether oxygens (including phenoxy) is 2. The molecule has 4 aromatic rings. The Balaban J connectivity index is 1.76. The van der Waals surface area contributed by atoms with E-state index in [-0.39, 0.29) is 12.1 Å². The first-order valence-electron chi connectivity index (χ1n) is 8.62. The van der Waals surface area contributed by atoms with Crippen LogP contribution >= 0.6 is 0 Å². The highest BCUT2D eigenvalue weighted by Gasteiger charge is 2.18. The van der Waals surface area contributed by atoms with Gasteiger partial charge in [-0.3, -0.25) is 9.36 Å². The Morgan fingerprint density at radius 1 is 1.04 bits per heavy atom. The molecule has 4 rings (SSSR count). The first-order chi connectivity index (χ1) is 13.6. The highest BCUT2D eigenvalue weighted by atomic mass is 16.5. The summed E-state index contributed by atoms with van der Waals surface area (Å²) in [4.78, 5) is 21.4. The summed E-state index contributed by atoms with van der Waals surface area (Å²) in [5.41, 5.74) is 2.29. The zero-order valence-electron chi connectivity index (χ0n) is 15.7. The second-order valence-electron chi connectivity index (χ2n) is 6.13. The minimum atomic E-state index is -0.197. The fourth-order valence-electron chi connectivity index (χ4n) is 3.10. The smallest absolute Gasteiger partial charge is 0.272 e. The van der Waals surface area contributed by atoms with Gasteiger partial charge in [0.1, 0.15) is 12.2 Å². The quantitative estimate of drug-likeness (QED) is 0.527. The number of hydrogen-bond acceptors (Lipinski definition) is 7. The molecule has 0 aliphatic carbocycles. The van der Waals surface area contributed by atoms with E-state index in [0.29, 0.717) is 40.0 Å². The fourth-order valence-corrected chi connectivity index (χ4v) is 3.10. The highest BCUT2D eigenvalue weighted by Crippen LogP contribution is 2.36. The summed E-state index contributed by atoms with van der Waals surface area (Å²) in [5.74, 6) is 1.74. The number of aromatic nitrogens is 4. The van der Waals surface area contributed by atoms with Gasteiger partial charge in [0.15, 0.2) is 11.5 Å². The van der Waals surface area contributed by atoms with Crippen LogP contribution in [0.25, 0.3) is 22.4 Å². The highest BCUT2D eigenvalue weighted by molar-refractivity contribution is 5.74. The number of methoxy groups -OCH3 is 2. The molecule has 2 heterocycles. The minimum Gasteiger partial charge on any atom is -0.493 e. The van der Waals surface area contributed by atoms with Crippen molar-refractivity contribution >= 4 is 11.0 Å². The third-order valence-corrected chi connectivity index (χ3v) is 4.42. The molecule has 0 aliphatic rings. The van der Waals surface area contributed by atoms with E-state index in [4.69, 9.17) is 14.0 Å². The zero-order valence-corrected chi connectivity index (χ0v) is 15.7. The van der Waals surface area contributed by atoms with Gasteiger partial charge < -0.3 is 14.0 Å². The average molecular weight is 378 g/mol. The Bertz CT molecular complexity index is 1210. The molecule has 8 heteroatoms. The van der Waals surface area contributed by atoms with Gasteiger partial charge in [0.25, 0.3) is 5.56 Å². The molecule has 2 aromatic carbocycles. The minimum absolute atomic E-state index is 0.141. The lowest BCUT2D eigenvalue weighted by molar-refractivity contribution is 0.355. The van der Waals surface area contributed by atoms with E-state index >= 15 is 0 Å². The van der Waals surface area contributed by atoms with Crippen LogP contribution in [-0.4, -0.2) is 33.9 Å². The van der Waals surface area contributed by atoms with Crippen LogP contribution in [0.3, 0.4) is 0 Å². The van der Waals surface area contributed by atoms with Gasteiger partial charge >= 0.3 is 0 Å². The van der Waals surface area contributed by atoms with Gasteiger partial charge in [0.2, 0.25) is 11.7 Å². The number of fused-ring (bicyclic) bond motifs is 1. The van der Waals surface area contributed by atoms with Gasteiger partial charge in [-0.2, -0.15) is 4.98 Å². The number of hydrogen-bond donors (Lipinski definition) is 0. The SMILES string of the molecule is COc1cccc(-c2noc(Cn3c(=O)c(C)nc4ccccc43)n2)c1OC. The van der Waals surface area contributed by atoms with E-state index in [1.165, 1.54) is 0 Å². The summed E-state index contributed by atoms with van der Waals surface area (Å²) < 4.78 is 17.7. The lowest BCUT2D eigenvalue weighted by atomic mass is 10.1. The van der Waals surface area contributed by atoms with Gasteiger partial charge in [-0.25, -0.2) is 4.98 Å². The zero-order chi connectivity index (χ0) is 19.7. The average Bonchev–Trinajstić information content (AvgIpc) is 3.19. The predicted octanol–water partition coefficient (Wildman–Crippen LogP) is 2.82. The van der Waals surface area contributed by atoms with E-state index in [2.05, 4.69) is 15.1 Å². The van der Waals surface area contributed by atoms with Gasteiger partial charge in [0, 0.05) is 0 Å². The van der Waals surface area contributed by atoms with Crippen molar-refractivity contribution in [3.63, 3.8) is 0 Å². The Hall–Kier alpha value is -3.68. The van der Waals surface area contributed by atoms with E-state index in [0.717, 1.165) is 5.52 Å². The van der Waals surface area contributed by atoms with Crippen molar-refractivity contribution < 1.29 is 14.0 Å². The number of nitrogens with zero attached hydrogens (tertiary/aromatic N) is 4. The monoisotopic (exact) mass is 378 g/mol. The van der Waals surface area contributed by atoms with Gasteiger partial charge in [-0.15, -0.1) is 0 Å². The van der Waals surface area contributed by atoms with Crippen LogP contribution in [0.4, 0.5) is 0 Å². The molecule has 0 saturated heterocycles. The van der Waals surface area contributed by atoms with E-state index in [1.807, 2.05) is 36.4 Å². The molecule has 0 atom stereocenters. The summed E-state index contributed by atoms with van der Waals surface area (Å²) in [6.45, 7) is 1.83. The molecule has 142 valence electrons. The molecule has 8 nitrogen and oxygen atoms in total. The van der Waals surface area contributed by atoms with Crippen LogP contribution in [0.5, 0.6) is 11.5 Å². The molecule has 0 radical (unpaired) electrons. The molecule has 0 bridgehead atoms. The van der Waals surface area contributed by atoms with Gasteiger partial charge in [0.05, 0.1) is 30.8 Å². The third kappa shape index (κ3) is 2.98. The van der Waals surface area contributed by atoms with Crippen LogP contribution in [0.1, 0.15) is 11.6 Å². The summed E-state index contributed by atoms with van der Waals surface area (Å²) in [5, 5.41) is 4.05. The Kier molecular flexibility index (Phi) is 4.52. The van der Waals surface area contributed by atoms with Crippen molar-refractivity contribution in [1.29, 1.82) is 0 Å². The van der Waals surface area contributed by atoms with Crippen LogP contribution in [-0.2, 0) is 6.54 Å². The topological polar surface area (TPSA) is 92.3 Å². The van der Waals surface area contributed by atoms with Crippen molar-refractivity contribution in [1.82, 2.24) is 19.7 Å². The summed E-state index contributed by atoms with van der Waals surface area (Å²) in [7, 11) is 3.11. The molecular weight excluding hydrogens is 360 g/mol. The normalized spacial score (nSPS) is 11.0. The van der Waals surface area contributed by atoms with Crippen LogP contribution in [0.15, 0.2) is 51.8 Å². The molecule has 2 aromatic heterocycles. The predicted molar refractivity (Wildman–Crippen MR) is 103 cm³/mol. The lowest BCUT2D eigenvalue weighted by Gasteiger charge is -2.09. The van der Waals surface area contributed by atoms with Crippen molar-refractivity contribution in [3.05, 3.63) is 64.4 Å². The molecule has 0 aliphatic heterocycles. The molecular formula is C20H18N4O4. The van der Waals surface area contributed by atoms with Crippen molar-refractivity contribution in [3.8, 4) is 22.9 Å². The number of rotatable bonds is 5.